The highest BCUT2D eigenvalue weighted by atomic mass is 16.5. The zero-order valence-electron chi connectivity index (χ0n) is 15.9. The first-order valence-corrected chi connectivity index (χ1v) is 8.53. The van der Waals surface area contributed by atoms with E-state index in [4.69, 9.17) is 14.2 Å². The summed E-state index contributed by atoms with van der Waals surface area (Å²) in [7, 11) is 4.74. The summed E-state index contributed by atoms with van der Waals surface area (Å²) >= 11 is 0. The molecule has 0 aromatic heterocycles. The molecule has 0 heterocycles. The monoisotopic (exact) mass is 362 g/mol. The first kappa shape index (κ1) is 18.5. The Kier molecular flexibility index (Phi) is 5.71. The SMILES string of the molecule is COc1cc(/C=N\N=C(/C)c2ccc3ccccc3c2)cc(OC)c1OC. The molecule has 0 N–H and O–H groups in total. The van der Waals surface area contributed by atoms with Gasteiger partial charge in [0.25, 0.3) is 0 Å². The molecule has 5 nitrogen and oxygen atoms in total. The smallest absolute Gasteiger partial charge is 0.203 e. The van der Waals surface area contributed by atoms with E-state index in [9.17, 15) is 0 Å². The minimum Gasteiger partial charge on any atom is -0.493 e. The lowest BCUT2D eigenvalue weighted by Gasteiger charge is -2.12. The minimum atomic E-state index is 0.549. The van der Waals surface area contributed by atoms with E-state index in [0.29, 0.717) is 17.2 Å². The van der Waals surface area contributed by atoms with Crippen LogP contribution in [0, 0.1) is 0 Å². The topological polar surface area (TPSA) is 52.4 Å². The number of fused-ring (bicyclic) bond motifs is 1. The summed E-state index contributed by atoms with van der Waals surface area (Å²) in [6, 6.07) is 18.1. The van der Waals surface area contributed by atoms with Crippen LogP contribution in [0.1, 0.15) is 18.1 Å². The van der Waals surface area contributed by atoms with Crippen LogP contribution in [-0.4, -0.2) is 33.3 Å². The van der Waals surface area contributed by atoms with Crippen molar-refractivity contribution in [2.45, 2.75) is 6.92 Å². The highest BCUT2D eigenvalue weighted by Gasteiger charge is 2.12. The van der Waals surface area contributed by atoms with Gasteiger partial charge in [0.15, 0.2) is 11.5 Å². The molecule has 3 aromatic carbocycles. The lowest BCUT2D eigenvalue weighted by molar-refractivity contribution is 0.324. The van der Waals surface area contributed by atoms with Gasteiger partial charge in [-0.1, -0.05) is 36.4 Å². The summed E-state index contributed by atoms with van der Waals surface area (Å²) in [4.78, 5) is 0. The zero-order chi connectivity index (χ0) is 19.2. The number of ether oxygens (including phenoxy) is 3. The van der Waals surface area contributed by atoms with Crippen LogP contribution in [0.2, 0.25) is 0 Å². The standard InChI is InChI=1S/C22H22N2O3/c1-15(18-10-9-17-7-5-6-8-19(17)13-18)24-23-14-16-11-20(25-2)22(27-4)21(12-16)26-3/h5-14H,1-4H3/b23-14-,24-15+. The van der Waals surface area contributed by atoms with Gasteiger partial charge in [-0.3, -0.25) is 0 Å². The molecule has 0 saturated carbocycles. The van der Waals surface area contributed by atoms with Gasteiger partial charge in [-0.25, -0.2) is 0 Å². The Labute approximate surface area is 158 Å². The number of hydrogen-bond donors (Lipinski definition) is 0. The molecule has 5 heteroatoms. The molecule has 0 fully saturated rings. The van der Waals surface area contributed by atoms with E-state index >= 15 is 0 Å². The van der Waals surface area contributed by atoms with Crippen molar-refractivity contribution < 1.29 is 14.2 Å². The van der Waals surface area contributed by atoms with Gasteiger partial charge < -0.3 is 14.2 Å². The van der Waals surface area contributed by atoms with Crippen molar-refractivity contribution in [1.29, 1.82) is 0 Å². The molecular weight excluding hydrogens is 340 g/mol. The molecule has 0 radical (unpaired) electrons. The van der Waals surface area contributed by atoms with Gasteiger partial charge in [-0.05, 0) is 41.5 Å². The summed E-state index contributed by atoms with van der Waals surface area (Å²) < 4.78 is 16.0. The van der Waals surface area contributed by atoms with Crippen molar-refractivity contribution in [2.75, 3.05) is 21.3 Å². The quantitative estimate of drug-likeness (QED) is 0.471. The summed E-state index contributed by atoms with van der Waals surface area (Å²) in [6.07, 6.45) is 1.66. The summed E-state index contributed by atoms with van der Waals surface area (Å²) in [6.45, 7) is 1.94. The molecule has 0 amide bonds. The Hall–Kier alpha value is -3.34. The Morgan fingerprint density at radius 2 is 1.48 bits per heavy atom. The van der Waals surface area contributed by atoms with Gasteiger partial charge >= 0.3 is 0 Å². The number of rotatable bonds is 6. The summed E-state index contributed by atoms with van der Waals surface area (Å²) in [5.41, 5.74) is 2.68. The predicted molar refractivity (Wildman–Crippen MR) is 110 cm³/mol. The maximum absolute atomic E-state index is 5.35. The fourth-order valence-electron chi connectivity index (χ4n) is 2.83. The molecule has 0 unspecified atom stereocenters. The summed E-state index contributed by atoms with van der Waals surface area (Å²) in [5.74, 6) is 1.70. The largest absolute Gasteiger partial charge is 0.493 e. The fourth-order valence-corrected chi connectivity index (χ4v) is 2.83. The van der Waals surface area contributed by atoms with Crippen LogP contribution in [0.3, 0.4) is 0 Å². The van der Waals surface area contributed by atoms with Crippen LogP contribution in [0.15, 0.2) is 64.8 Å². The van der Waals surface area contributed by atoms with Crippen LogP contribution in [0.25, 0.3) is 10.8 Å². The van der Waals surface area contributed by atoms with Crippen molar-refractivity contribution >= 4 is 22.7 Å². The Morgan fingerprint density at radius 3 is 2.11 bits per heavy atom. The highest BCUT2D eigenvalue weighted by molar-refractivity contribution is 6.02. The first-order valence-electron chi connectivity index (χ1n) is 8.53. The molecule has 27 heavy (non-hydrogen) atoms. The first-order chi connectivity index (χ1) is 13.2. The predicted octanol–water partition coefficient (Wildman–Crippen LogP) is 4.71. The third kappa shape index (κ3) is 4.08. The molecule has 0 atom stereocenters. The minimum absolute atomic E-state index is 0.549. The molecule has 3 rings (SSSR count). The van der Waals surface area contributed by atoms with Crippen molar-refractivity contribution in [3.8, 4) is 17.2 Å². The van der Waals surface area contributed by atoms with Crippen molar-refractivity contribution in [1.82, 2.24) is 0 Å². The molecule has 3 aromatic rings. The van der Waals surface area contributed by atoms with E-state index in [2.05, 4.69) is 40.5 Å². The zero-order valence-corrected chi connectivity index (χ0v) is 15.9. The van der Waals surface area contributed by atoms with Crippen LogP contribution < -0.4 is 14.2 Å². The second-order valence-electron chi connectivity index (χ2n) is 5.95. The number of methoxy groups -OCH3 is 3. The van der Waals surface area contributed by atoms with E-state index < -0.39 is 0 Å². The number of nitrogens with zero attached hydrogens (tertiary/aromatic N) is 2. The lowest BCUT2D eigenvalue weighted by atomic mass is 10.0. The molecule has 0 spiro atoms. The fraction of sp³-hybridized carbons (Fsp3) is 0.182. The van der Waals surface area contributed by atoms with E-state index in [1.165, 1.54) is 10.8 Å². The molecule has 0 aliphatic rings. The van der Waals surface area contributed by atoms with E-state index in [1.807, 2.05) is 31.2 Å². The summed E-state index contributed by atoms with van der Waals surface area (Å²) in [5, 5.41) is 10.9. The third-order valence-electron chi connectivity index (χ3n) is 4.27. The van der Waals surface area contributed by atoms with E-state index in [0.717, 1.165) is 16.8 Å². The number of benzene rings is 3. The second-order valence-corrected chi connectivity index (χ2v) is 5.95. The molecule has 0 saturated heterocycles. The maximum Gasteiger partial charge on any atom is 0.203 e. The Morgan fingerprint density at radius 1 is 0.815 bits per heavy atom. The molecular formula is C22H22N2O3. The van der Waals surface area contributed by atoms with Gasteiger partial charge in [0.2, 0.25) is 5.75 Å². The van der Waals surface area contributed by atoms with Crippen molar-refractivity contribution in [3.05, 3.63) is 65.7 Å². The van der Waals surface area contributed by atoms with E-state index in [1.54, 1.807) is 27.5 Å². The lowest BCUT2D eigenvalue weighted by Crippen LogP contribution is -1.97. The molecule has 0 aliphatic carbocycles. The maximum atomic E-state index is 5.35. The van der Waals surface area contributed by atoms with Crippen LogP contribution in [0.5, 0.6) is 17.2 Å². The van der Waals surface area contributed by atoms with Crippen molar-refractivity contribution in [3.63, 3.8) is 0 Å². The molecule has 0 aliphatic heterocycles. The Balaban J connectivity index is 1.86. The van der Waals surface area contributed by atoms with E-state index in [-0.39, 0.29) is 0 Å². The van der Waals surface area contributed by atoms with Crippen LogP contribution in [-0.2, 0) is 0 Å². The number of hydrogen-bond acceptors (Lipinski definition) is 5. The highest BCUT2D eigenvalue weighted by Crippen LogP contribution is 2.37. The average Bonchev–Trinajstić information content (AvgIpc) is 2.72. The van der Waals surface area contributed by atoms with Crippen LogP contribution >= 0.6 is 0 Å². The Bertz CT molecular complexity index is 984. The molecule has 138 valence electrons. The third-order valence-corrected chi connectivity index (χ3v) is 4.27. The van der Waals surface area contributed by atoms with Gasteiger partial charge in [-0.15, -0.1) is 0 Å². The normalized spacial score (nSPS) is 11.8. The molecule has 0 bridgehead atoms. The second kappa shape index (κ2) is 8.36. The van der Waals surface area contributed by atoms with Gasteiger partial charge in [-0.2, -0.15) is 10.2 Å². The van der Waals surface area contributed by atoms with Gasteiger partial charge in [0.05, 0.1) is 33.3 Å². The van der Waals surface area contributed by atoms with Gasteiger partial charge in [0.1, 0.15) is 0 Å². The van der Waals surface area contributed by atoms with Crippen LogP contribution in [0.4, 0.5) is 0 Å². The van der Waals surface area contributed by atoms with Gasteiger partial charge in [0, 0.05) is 5.56 Å². The van der Waals surface area contributed by atoms with Crippen molar-refractivity contribution in [2.24, 2.45) is 10.2 Å². The average molecular weight is 362 g/mol.